The number of hydrogen-bond acceptors (Lipinski definition) is 4. The van der Waals surface area contributed by atoms with Gasteiger partial charge in [0.1, 0.15) is 5.75 Å². The number of nitrogens with two attached hydrogens (primary N) is 1. The van der Waals surface area contributed by atoms with Crippen molar-refractivity contribution in [3.63, 3.8) is 0 Å². The number of rotatable bonds is 4. The van der Waals surface area contributed by atoms with E-state index in [2.05, 4.69) is 17.1 Å². The summed E-state index contributed by atoms with van der Waals surface area (Å²) in [6.07, 6.45) is 2.40. The number of ether oxygens (including phenoxy) is 1. The van der Waals surface area contributed by atoms with E-state index in [9.17, 15) is 4.79 Å². The summed E-state index contributed by atoms with van der Waals surface area (Å²) in [5, 5.41) is 2.94. The highest BCUT2D eigenvalue weighted by Gasteiger charge is 2.26. The van der Waals surface area contributed by atoms with Gasteiger partial charge in [-0.25, -0.2) is 0 Å². The summed E-state index contributed by atoms with van der Waals surface area (Å²) < 4.78 is 5.26. The number of carbonyl (C=O) groups is 1. The first-order valence-electron chi connectivity index (χ1n) is 7.49. The lowest BCUT2D eigenvalue weighted by Crippen LogP contribution is -2.46. The predicted octanol–water partition coefficient (Wildman–Crippen LogP) is 2.34. The van der Waals surface area contributed by atoms with Crippen molar-refractivity contribution in [1.82, 2.24) is 4.90 Å². The van der Waals surface area contributed by atoms with Gasteiger partial charge in [0.05, 0.1) is 18.8 Å². The summed E-state index contributed by atoms with van der Waals surface area (Å²) in [6.45, 7) is 6.15. The zero-order valence-corrected chi connectivity index (χ0v) is 13.1. The maximum atomic E-state index is 12.4. The van der Waals surface area contributed by atoms with Gasteiger partial charge in [0, 0.05) is 18.3 Å². The van der Waals surface area contributed by atoms with Gasteiger partial charge in [0.15, 0.2) is 0 Å². The zero-order valence-electron chi connectivity index (χ0n) is 13.1. The van der Waals surface area contributed by atoms with E-state index in [1.54, 1.807) is 25.3 Å². The van der Waals surface area contributed by atoms with Crippen molar-refractivity contribution in [1.29, 1.82) is 0 Å². The van der Waals surface area contributed by atoms with Crippen LogP contribution in [0.1, 0.15) is 26.7 Å². The molecule has 2 atom stereocenters. The van der Waals surface area contributed by atoms with Gasteiger partial charge in [0.2, 0.25) is 5.91 Å². The van der Waals surface area contributed by atoms with Gasteiger partial charge < -0.3 is 15.8 Å². The monoisotopic (exact) mass is 291 g/mol. The number of piperidine rings is 1. The summed E-state index contributed by atoms with van der Waals surface area (Å²) in [5.74, 6) is 1.23. The van der Waals surface area contributed by atoms with Crippen molar-refractivity contribution in [2.75, 3.05) is 31.2 Å². The zero-order chi connectivity index (χ0) is 15.4. The molecule has 5 heteroatoms. The number of methoxy groups -OCH3 is 1. The van der Waals surface area contributed by atoms with Crippen LogP contribution < -0.4 is 15.8 Å². The minimum absolute atomic E-state index is 0.00725. The van der Waals surface area contributed by atoms with E-state index >= 15 is 0 Å². The van der Waals surface area contributed by atoms with E-state index in [1.807, 2.05) is 6.92 Å². The van der Waals surface area contributed by atoms with Crippen molar-refractivity contribution < 1.29 is 9.53 Å². The van der Waals surface area contributed by atoms with Crippen LogP contribution in [-0.2, 0) is 4.79 Å². The van der Waals surface area contributed by atoms with Crippen LogP contribution in [0.4, 0.5) is 11.4 Å². The maximum Gasteiger partial charge on any atom is 0.241 e. The Morgan fingerprint density at radius 1 is 1.52 bits per heavy atom. The molecule has 0 saturated carbocycles. The number of amides is 1. The van der Waals surface area contributed by atoms with Gasteiger partial charge in [-0.05, 0) is 44.4 Å². The first-order chi connectivity index (χ1) is 10.0. The van der Waals surface area contributed by atoms with Gasteiger partial charge in [-0.1, -0.05) is 6.92 Å². The van der Waals surface area contributed by atoms with Crippen molar-refractivity contribution in [3.05, 3.63) is 18.2 Å². The van der Waals surface area contributed by atoms with Crippen molar-refractivity contribution in [2.24, 2.45) is 5.92 Å². The molecule has 1 aliphatic heterocycles. The van der Waals surface area contributed by atoms with E-state index in [4.69, 9.17) is 10.5 Å². The number of hydrogen-bond donors (Lipinski definition) is 2. The summed E-state index contributed by atoms with van der Waals surface area (Å²) in [7, 11) is 1.57. The van der Waals surface area contributed by atoms with Crippen LogP contribution in [0.3, 0.4) is 0 Å². The minimum Gasteiger partial charge on any atom is -0.494 e. The number of benzene rings is 1. The Labute approximate surface area is 126 Å². The van der Waals surface area contributed by atoms with Crippen molar-refractivity contribution in [2.45, 2.75) is 32.7 Å². The molecule has 5 nitrogen and oxygen atoms in total. The molecule has 0 aromatic heterocycles. The van der Waals surface area contributed by atoms with Crippen molar-refractivity contribution in [3.8, 4) is 5.75 Å². The Morgan fingerprint density at radius 2 is 2.29 bits per heavy atom. The molecule has 0 spiro atoms. The first-order valence-corrected chi connectivity index (χ1v) is 7.49. The minimum atomic E-state index is -0.144. The van der Waals surface area contributed by atoms with Gasteiger partial charge in [-0.15, -0.1) is 0 Å². The van der Waals surface area contributed by atoms with Crippen LogP contribution >= 0.6 is 0 Å². The second-order valence-corrected chi connectivity index (χ2v) is 5.87. The molecule has 2 rings (SSSR count). The molecule has 0 radical (unpaired) electrons. The van der Waals surface area contributed by atoms with Crippen LogP contribution in [0, 0.1) is 5.92 Å². The molecule has 1 aromatic carbocycles. The number of nitrogen functional groups attached to an aromatic ring is 1. The molecule has 1 heterocycles. The van der Waals surface area contributed by atoms with Crippen LogP contribution in [0.5, 0.6) is 5.75 Å². The third-order valence-electron chi connectivity index (χ3n) is 4.10. The predicted molar refractivity (Wildman–Crippen MR) is 85.5 cm³/mol. The molecule has 21 heavy (non-hydrogen) atoms. The molecule has 0 aliphatic carbocycles. The molecule has 0 bridgehead atoms. The highest BCUT2D eigenvalue weighted by molar-refractivity contribution is 5.96. The van der Waals surface area contributed by atoms with Gasteiger partial charge in [-0.2, -0.15) is 0 Å². The topological polar surface area (TPSA) is 67.6 Å². The standard InChI is InChI=1S/C16H25N3O2/c1-11-5-4-8-19(10-11)12(2)16(20)18-14-7-6-13(17)9-15(14)21-3/h6-7,9,11-12H,4-5,8,10,17H2,1-3H3,(H,18,20). The summed E-state index contributed by atoms with van der Waals surface area (Å²) in [4.78, 5) is 14.7. The van der Waals surface area contributed by atoms with Crippen LogP contribution in [0.2, 0.25) is 0 Å². The largest absolute Gasteiger partial charge is 0.494 e. The van der Waals surface area contributed by atoms with Crippen LogP contribution in [0.25, 0.3) is 0 Å². The third-order valence-corrected chi connectivity index (χ3v) is 4.10. The summed E-state index contributed by atoms with van der Waals surface area (Å²) in [5.41, 5.74) is 7.00. The SMILES string of the molecule is COc1cc(N)ccc1NC(=O)C(C)N1CCCC(C)C1. The second kappa shape index (κ2) is 6.80. The molecule has 116 valence electrons. The molecule has 2 unspecified atom stereocenters. The highest BCUT2D eigenvalue weighted by atomic mass is 16.5. The van der Waals surface area contributed by atoms with Gasteiger partial charge in [0.25, 0.3) is 0 Å². The van der Waals surface area contributed by atoms with Crippen LogP contribution in [-0.4, -0.2) is 37.0 Å². The fourth-order valence-electron chi connectivity index (χ4n) is 2.79. The van der Waals surface area contributed by atoms with Gasteiger partial charge in [-0.3, -0.25) is 9.69 Å². The lowest BCUT2D eigenvalue weighted by atomic mass is 9.99. The average molecular weight is 291 g/mol. The third kappa shape index (κ3) is 3.88. The van der Waals surface area contributed by atoms with E-state index in [-0.39, 0.29) is 11.9 Å². The first kappa shape index (κ1) is 15.6. The fraction of sp³-hybridized carbons (Fsp3) is 0.562. The Bertz CT molecular complexity index is 504. The molecular formula is C16H25N3O2. The normalized spacial score (nSPS) is 20.8. The number of anilines is 2. The maximum absolute atomic E-state index is 12.4. The molecule has 1 aliphatic rings. The quantitative estimate of drug-likeness (QED) is 0.836. The molecule has 1 amide bonds. The van der Waals surface area contributed by atoms with E-state index < -0.39 is 0 Å². The van der Waals surface area contributed by atoms with Gasteiger partial charge >= 0.3 is 0 Å². The van der Waals surface area contributed by atoms with E-state index in [0.717, 1.165) is 19.5 Å². The number of nitrogens with zero attached hydrogens (tertiary/aromatic N) is 1. The lowest BCUT2D eigenvalue weighted by molar-refractivity contribution is -0.121. The lowest BCUT2D eigenvalue weighted by Gasteiger charge is -2.34. The summed E-state index contributed by atoms with van der Waals surface area (Å²) >= 11 is 0. The number of carbonyl (C=O) groups excluding carboxylic acids is 1. The average Bonchev–Trinajstić information content (AvgIpc) is 2.48. The van der Waals surface area contributed by atoms with Crippen molar-refractivity contribution >= 4 is 17.3 Å². The second-order valence-electron chi connectivity index (χ2n) is 5.87. The number of nitrogens with one attached hydrogen (secondary N) is 1. The molecular weight excluding hydrogens is 266 g/mol. The molecule has 3 N–H and O–H groups in total. The van der Waals surface area contributed by atoms with E-state index in [0.29, 0.717) is 23.0 Å². The Kier molecular flexibility index (Phi) is 5.07. The Hall–Kier alpha value is -1.75. The highest BCUT2D eigenvalue weighted by Crippen LogP contribution is 2.27. The summed E-state index contributed by atoms with van der Waals surface area (Å²) in [6, 6.07) is 5.10. The Balaban J connectivity index is 2.03. The fourth-order valence-corrected chi connectivity index (χ4v) is 2.79. The Morgan fingerprint density at radius 3 is 2.95 bits per heavy atom. The van der Waals surface area contributed by atoms with Crippen LogP contribution in [0.15, 0.2) is 18.2 Å². The smallest absolute Gasteiger partial charge is 0.241 e. The number of likely N-dealkylation sites (tertiary alicyclic amines) is 1. The molecule has 1 aromatic rings. The van der Waals surface area contributed by atoms with E-state index in [1.165, 1.54) is 6.42 Å². The molecule has 1 fully saturated rings. The molecule has 1 saturated heterocycles.